The summed E-state index contributed by atoms with van der Waals surface area (Å²) in [5, 5.41) is 0. The highest BCUT2D eigenvalue weighted by molar-refractivity contribution is 6.72. The molecule has 0 radical (unpaired) electrons. The van der Waals surface area contributed by atoms with Gasteiger partial charge in [0, 0.05) is 34.0 Å². The van der Waals surface area contributed by atoms with Crippen molar-refractivity contribution in [2.45, 2.75) is 45.3 Å². The summed E-state index contributed by atoms with van der Waals surface area (Å²) in [5.41, 5.74) is 0. The van der Waals surface area contributed by atoms with E-state index in [2.05, 4.69) is 20.0 Å². The Labute approximate surface area is 144 Å². The van der Waals surface area contributed by atoms with Gasteiger partial charge in [-0.2, -0.15) is 0 Å². The van der Waals surface area contributed by atoms with Gasteiger partial charge in [-0.15, -0.1) is 0 Å². The van der Waals surface area contributed by atoms with Crippen molar-refractivity contribution in [1.82, 2.24) is 0 Å². The van der Waals surface area contributed by atoms with E-state index in [1.165, 1.54) is 12.1 Å². The van der Waals surface area contributed by atoms with Crippen molar-refractivity contribution in [3.05, 3.63) is 12.7 Å². The number of ether oxygens (including phenoxy) is 1. The zero-order valence-corrected chi connectivity index (χ0v) is 17.7. The van der Waals surface area contributed by atoms with Gasteiger partial charge in [-0.1, -0.05) is 19.9 Å². The predicted octanol–water partition coefficient (Wildman–Crippen LogP) is 2.77. The minimum absolute atomic E-state index is 0.338. The van der Waals surface area contributed by atoms with Crippen molar-refractivity contribution >= 4 is 23.8 Å². The van der Waals surface area contributed by atoms with Crippen LogP contribution in [-0.4, -0.2) is 58.4 Å². The first-order valence-electron chi connectivity index (χ1n) is 7.94. The maximum atomic E-state index is 10.8. The Bertz CT molecular complexity index is 286. The Hall–Kier alpha value is -0.516. The third kappa shape index (κ3) is 14.8. The molecule has 1 atom stereocenters. The first-order valence-corrected chi connectivity index (χ1v) is 12.2. The van der Waals surface area contributed by atoms with Crippen LogP contribution in [0.5, 0.6) is 0 Å². The predicted molar refractivity (Wildman–Crippen MR) is 97.1 cm³/mol. The number of esters is 1. The second kappa shape index (κ2) is 16.3. The standard InChI is InChI=1S/C12H24O3Si.C3H10O3Si/c1-5-10-16(4,15-7-3)11-8-9-14-12(13)6-2;1-4-7(5-2)6-3/h6H,2,5,7-11H2,1,3-4H3;7H,1-3H3. The average molecular weight is 367 g/mol. The normalized spacial score (nSPS) is 13.0. The number of rotatable bonds is 12. The highest BCUT2D eigenvalue weighted by atomic mass is 28.4. The summed E-state index contributed by atoms with van der Waals surface area (Å²) in [6, 6.07) is 2.23. The van der Waals surface area contributed by atoms with Crippen LogP contribution in [0.2, 0.25) is 18.6 Å². The second-order valence-corrected chi connectivity index (χ2v) is 11.3. The lowest BCUT2D eigenvalue weighted by Crippen LogP contribution is -2.34. The molecule has 0 rings (SSSR count). The highest BCUT2D eigenvalue weighted by Crippen LogP contribution is 2.21. The Morgan fingerprint density at radius 1 is 1.13 bits per heavy atom. The molecule has 0 aliphatic rings. The van der Waals surface area contributed by atoms with Gasteiger partial charge in [-0.05, 0) is 32.0 Å². The van der Waals surface area contributed by atoms with Gasteiger partial charge in [-0.3, -0.25) is 0 Å². The van der Waals surface area contributed by atoms with E-state index in [1.807, 2.05) is 6.92 Å². The van der Waals surface area contributed by atoms with Crippen molar-refractivity contribution in [1.29, 1.82) is 0 Å². The van der Waals surface area contributed by atoms with Crippen LogP contribution in [0.25, 0.3) is 0 Å². The minimum Gasteiger partial charge on any atom is -0.463 e. The molecule has 0 spiro atoms. The van der Waals surface area contributed by atoms with E-state index in [9.17, 15) is 4.79 Å². The largest absolute Gasteiger partial charge is 0.483 e. The van der Waals surface area contributed by atoms with Gasteiger partial charge in [0.1, 0.15) is 0 Å². The summed E-state index contributed by atoms with van der Waals surface area (Å²) >= 11 is 0. The Balaban J connectivity index is 0. The Kier molecular flexibility index (Phi) is 17.6. The van der Waals surface area contributed by atoms with Crippen LogP contribution in [0.3, 0.4) is 0 Å². The Morgan fingerprint density at radius 3 is 2.04 bits per heavy atom. The van der Waals surface area contributed by atoms with Gasteiger partial charge in [0.15, 0.2) is 8.32 Å². The third-order valence-electron chi connectivity index (χ3n) is 3.11. The summed E-state index contributed by atoms with van der Waals surface area (Å²) in [4.78, 5) is 10.8. The topological polar surface area (TPSA) is 63.2 Å². The highest BCUT2D eigenvalue weighted by Gasteiger charge is 2.26. The summed E-state index contributed by atoms with van der Waals surface area (Å²) in [6.45, 7) is 11.1. The molecule has 0 amide bonds. The van der Waals surface area contributed by atoms with Crippen LogP contribution in [0.15, 0.2) is 12.7 Å². The first-order chi connectivity index (χ1) is 10.9. The van der Waals surface area contributed by atoms with Gasteiger partial charge in [0.25, 0.3) is 0 Å². The molecule has 0 aromatic rings. The van der Waals surface area contributed by atoms with Gasteiger partial charge in [0.05, 0.1) is 6.61 Å². The molecule has 0 N–H and O–H groups in total. The van der Waals surface area contributed by atoms with Crippen molar-refractivity contribution in [2.75, 3.05) is 34.5 Å². The smallest absolute Gasteiger partial charge is 0.463 e. The van der Waals surface area contributed by atoms with Crippen molar-refractivity contribution in [2.24, 2.45) is 0 Å². The van der Waals surface area contributed by atoms with E-state index in [0.717, 1.165) is 25.5 Å². The lowest BCUT2D eigenvalue weighted by Gasteiger charge is -2.26. The van der Waals surface area contributed by atoms with Crippen LogP contribution in [-0.2, 0) is 27.2 Å². The van der Waals surface area contributed by atoms with Gasteiger partial charge < -0.3 is 22.4 Å². The number of carbonyl (C=O) groups excluding carboxylic acids is 1. The van der Waals surface area contributed by atoms with Crippen LogP contribution >= 0.6 is 0 Å². The molecular weight excluding hydrogens is 332 g/mol. The van der Waals surface area contributed by atoms with E-state index in [0.29, 0.717) is 6.61 Å². The van der Waals surface area contributed by atoms with Gasteiger partial charge >= 0.3 is 15.5 Å². The summed E-state index contributed by atoms with van der Waals surface area (Å²) in [5.74, 6) is -0.338. The van der Waals surface area contributed by atoms with Gasteiger partial charge in [0.2, 0.25) is 0 Å². The van der Waals surface area contributed by atoms with Crippen LogP contribution in [0, 0.1) is 0 Å². The quantitative estimate of drug-likeness (QED) is 0.229. The van der Waals surface area contributed by atoms with E-state index in [4.69, 9.17) is 22.4 Å². The zero-order chi connectivity index (χ0) is 18.1. The molecule has 6 nitrogen and oxygen atoms in total. The monoisotopic (exact) mass is 366 g/mol. The van der Waals surface area contributed by atoms with Crippen molar-refractivity contribution in [3.63, 3.8) is 0 Å². The van der Waals surface area contributed by atoms with Gasteiger partial charge in [-0.25, -0.2) is 4.79 Å². The summed E-state index contributed by atoms with van der Waals surface area (Å²) in [7, 11) is 1.50. The number of hydrogen-bond donors (Lipinski definition) is 0. The van der Waals surface area contributed by atoms with E-state index in [-0.39, 0.29) is 5.97 Å². The van der Waals surface area contributed by atoms with E-state index >= 15 is 0 Å². The van der Waals surface area contributed by atoms with Crippen molar-refractivity contribution < 1.29 is 27.2 Å². The van der Waals surface area contributed by atoms with Crippen LogP contribution in [0.4, 0.5) is 0 Å². The lowest BCUT2D eigenvalue weighted by atomic mass is 10.5. The SMILES string of the molecule is C=CC(=O)OCCC[Si](C)(CCC)OCC.CO[SiH](OC)OC. The third-order valence-corrected chi connectivity index (χ3v) is 8.22. The van der Waals surface area contributed by atoms with Crippen LogP contribution < -0.4 is 0 Å². The van der Waals surface area contributed by atoms with E-state index in [1.54, 1.807) is 21.3 Å². The molecule has 0 aliphatic heterocycles. The molecular formula is C15H34O6Si2. The fraction of sp³-hybridized carbons (Fsp3) is 0.800. The number of carbonyl (C=O) groups is 1. The molecule has 23 heavy (non-hydrogen) atoms. The second-order valence-electron chi connectivity index (χ2n) is 5.10. The molecule has 0 saturated carbocycles. The molecule has 0 heterocycles. The molecule has 0 aliphatic carbocycles. The molecule has 0 saturated heterocycles. The molecule has 0 aromatic heterocycles. The molecule has 0 aromatic carbocycles. The fourth-order valence-corrected chi connectivity index (χ4v) is 5.88. The zero-order valence-electron chi connectivity index (χ0n) is 15.6. The van der Waals surface area contributed by atoms with E-state index < -0.39 is 17.8 Å². The summed E-state index contributed by atoms with van der Waals surface area (Å²) < 4.78 is 25.1. The minimum atomic E-state index is -1.67. The molecule has 138 valence electrons. The van der Waals surface area contributed by atoms with Crippen LogP contribution in [0.1, 0.15) is 26.7 Å². The van der Waals surface area contributed by atoms with Crippen molar-refractivity contribution in [3.8, 4) is 0 Å². The maximum Gasteiger partial charge on any atom is 0.483 e. The average Bonchev–Trinajstić information content (AvgIpc) is 2.54. The first kappa shape index (κ1) is 24.7. The lowest BCUT2D eigenvalue weighted by molar-refractivity contribution is -0.137. The molecule has 1 unspecified atom stereocenters. The molecule has 0 bridgehead atoms. The molecule has 8 heteroatoms. The summed E-state index contributed by atoms with van der Waals surface area (Å²) in [6.07, 6.45) is 3.25. The number of hydrogen-bond acceptors (Lipinski definition) is 6. The maximum absolute atomic E-state index is 10.8. The Morgan fingerprint density at radius 2 is 1.70 bits per heavy atom. The fourth-order valence-electron chi connectivity index (χ4n) is 2.11. The molecule has 0 fully saturated rings.